The van der Waals surface area contributed by atoms with Gasteiger partial charge in [-0.25, -0.2) is 0 Å². The number of aromatic nitrogens is 1. The standard InChI is InChI=1S/C18H20N2O2S/c1-11(19-14-4-5-14)20-8-6-12-2-3-13(10-16(12)20)15-7-9-23-18(22)17(15)21/h2-3,6-11,14,18-19,21-22H,4-5H2,1H3. The lowest BCUT2D eigenvalue weighted by Crippen LogP contribution is -2.25. The second-order valence-electron chi connectivity index (χ2n) is 6.20. The van der Waals surface area contributed by atoms with Crippen molar-refractivity contribution in [2.45, 2.75) is 37.4 Å². The first-order chi connectivity index (χ1) is 11.1. The van der Waals surface area contributed by atoms with Gasteiger partial charge in [-0.15, -0.1) is 0 Å². The first-order valence-corrected chi connectivity index (χ1v) is 8.88. The van der Waals surface area contributed by atoms with Crippen LogP contribution in [-0.2, 0) is 0 Å². The number of aliphatic hydroxyl groups is 2. The zero-order valence-corrected chi connectivity index (χ0v) is 13.8. The van der Waals surface area contributed by atoms with E-state index in [-0.39, 0.29) is 11.9 Å². The first kappa shape index (κ1) is 14.9. The second-order valence-corrected chi connectivity index (χ2v) is 7.19. The molecule has 1 aliphatic carbocycles. The Morgan fingerprint density at radius 2 is 2.13 bits per heavy atom. The maximum absolute atomic E-state index is 10.2. The van der Waals surface area contributed by atoms with E-state index in [2.05, 4.69) is 41.2 Å². The molecule has 2 aliphatic rings. The highest BCUT2D eigenvalue weighted by Gasteiger charge is 2.24. The van der Waals surface area contributed by atoms with Crippen LogP contribution in [0.15, 0.2) is 47.7 Å². The van der Waals surface area contributed by atoms with Crippen molar-refractivity contribution in [3.05, 3.63) is 53.3 Å². The molecule has 1 saturated carbocycles. The summed E-state index contributed by atoms with van der Waals surface area (Å²) >= 11 is 1.20. The summed E-state index contributed by atoms with van der Waals surface area (Å²) in [5.74, 6) is 0.0270. The number of benzene rings is 1. The van der Waals surface area contributed by atoms with Crippen LogP contribution in [0.1, 0.15) is 31.5 Å². The zero-order valence-electron chi connectivity index (χ0n) is 12.9. The van der Waals surface area contributed by atoms with Gasteiger partial charge < -0.3 is 14.8 Å². The molecule has 3 N–H and O–H groups in total. The number of fused-ring (bicyclic) bond motifs is 1. The quantitative estimate of drug-likeness (QED) is 0.800. The Kier molecular flexibility index (Phi) is 3.71. The Labute approximate surface area is 139 Å². The van der Waals surface area contributed by atoms with Gasteiger partial charge in [0.25, 0.3) is 0 Å². The summed E-state index contributed by atoms with van der Waals surface area (Å²) in [6.07, 6.45) is 6.71. The highest BCUT2D eigenvalue weighted by Crippen LogP contribution is 2.33. The van der Waals surface area contributed by atoms with Crippen LogP contribution in [0.5, 0.6) is 0 Å². The molecule has 2 aromatic rings. The monoisotopic (exact) mass is 328 g/mol. The Bertz CT molecular complexity index is 804. The van der Waals surface area contributed by atoms with Crippen LogP contribution in [0, 0.1) is 0 Å². The Balaban J connectivity index is 1.74. The van der Waals surface area contributed by atoms with Gasteiger partial charge in [0, 0.05) is 23.3 Å². The van der Waals surface area contributed by atoms with Crippen LogP contribution in [0.2, 0.25) is 0 Å². The molecule has 1 aliphatic heterocycles. The van der Waals surface area contributed by atoms with Gasteiger partial charge >= 0.3 is 0 Å². The molecule has 2 heterocycles. The summed E-state index contributed by atoms with van der Waals surface area (Å²) in [5.41, 5.74) is 1.86. The molecule has 1 fully saturated rings. The van der Waals surface area contributed by atoms with Crippen LogP contribution in [0.25, 0.3) is 16.5 Å². The molecular formula is C18H20N2O2S. The first-order valence-electron chi connectivity index (χ1n) is 7.94. The minimum absolute atomic E-state index is 0.0270. The minimum Gasteiger partial charge on any atom is -0.508 e. The summed E-state index contributed by atoms with van der Waals surface area (Å²) in [7, 11) is 0. The van der Waals surface area contributed by atoms with Gasteiger partial charge in [0.2, 0.25) is 0 Å². The molecule has 23 heavy (non-hydrogen) atoms. The number of rotatable bonds is 4. The molecule has 0 bridgehead atoms. The largest absolute Gasteiger partial charge is 0.508 e. The SMILES string of the molecule is CC(NC1CC1)n1ccc2ccc(C3=C(O)C(O)SC=C3)cc21. The van der Waals surface area contributed by atoms with Gasteiger partial charge in [0.05, 0.1) is 6.17 Å². The molecule has 4 nitrogen and oxygen atoms in total. The minimum atomic E-state index is -0.882. The summed E-state index contributed by atoms with van der Waals surface area (Å²) in [5, 5.41) is 26.6. The van der Waals surface area contributed by atoms with Gasteiger partial charge in [-0.2, -0.15) is 0 Å². The maximum Gasteiger partial charge on any atom is 0.161 e. The van der Waals surface area contributed by atoms with Gasteiger partial charge in [0.15, 0.2) is 5.44 Å². The molecule has 1 aromatic heterocycles. The van der Waals surface area contributed by atoms with Crippen LogP contribution < -0.4 is 5.32 Å². The van der Waals surface area contributed by atoms with Crippen molar-refractivity contribution in [1.82, 2.24) is 9.88 Å². The third kappa shape index (κ3) is 2.80. The number of nitrogens with one attached hydrogen (secondary N) is 1. The summed E-state index contributed by atoms with van der Waals surface area (Å²) in [6, 6.07) is 8.89. The lowest BCUT2D eigenvalue weighted by atomic mass is 10.0. The van der Waals surface area contributed by atoms with Crippen LogP contribution in [0.4, 0.5) is 0 Å². The Hall–Kier alpha value is -1.69. The third-order valence-corrected chi connectivity index (χ3v) is 5.23. The van der Waals surface area contributed by atoms with Gasteiger partial charge in [-0.05, 0) is 54.3 Å². The topological polar surface area (TPSA) is 57.4 Å². The van der Waals surface area contributed by atoms with Gasteiger partial charge in [-0.1, -0.05) is 23.9 Å². The normalized spacial score (nSPS) is 22.8. The smallest absolute Gasteiger partial charge is 0.161 e. The van der Waals surface area contributed by atoms with E-state index < -0.39 is 5.44 Å². The molecule has 0 amide bonds. The molecule has 120 valence electrons. The van der Waals surface area contributed by atoms with Crippen molar-refractivity contribution < 1.29 is 10.2 Å². The number of hydrogen-bond donors (Lipinski definition) is 3. The molecule has 2 atom stereocenters. The third-order valence-electron chi connectivity index (χ3n) is 4.46. The van der Waals surface area contributed by atoms with Gasteiger partial charge in [-0.3, -0.25) is 5.32 Å². The predicted octanol–water partition coefficient (Wildman–Crippen LogP) is 3.76. The molecule has 5 heteroatoms. The highest BCUT2D eigenvalue weighted by molar-refractivity contribution is 8.02. The fraction of sp³-hybridized carbons (Fsp3) is 0.333. The van der Waals surface area contributed by atoms with Crippen molar-refractivity contribution in [2.75, 3.05) is 0 Å². The number of nitrogens with zero attached hydrogens (tertiary/aromatic N) is 1. The molecule has 1 aromatic carbocycles. The molecule has 4 rings (SSSR count). The van der Waals surface area contributed by atoms with Crippen molar-refractivity contribution >= 4 is 28.2 Å². The van der Waals surface area contributed by atoms with E-state index in [0.717, 1.165) is 11.1 Å². The van der Waals surface area contributed by atoms with E-state index in [1.165, 1.54) is 30.0 Å². The summed E-state index contributed by atoms with van der Waals surface area (Å²) in [6.45, 7) is 2.17. The average Bonchev–Trinajstić information content (AvgIpc) is 3.25. The number of allylic oxidation sites excluding steroid dienone is 2. The molecular weight excluding hydrogens is 308 g/mol. The average molecular weight is 328 g/mol. The van der Waals surface area contributed by atoms with Crippen molar-refractivity contribution in [3.63, 3.8) is 0 Å². The lowest BCUT2D eigenvalue weighted by Gasteiger charge is -2.18. The maximum atomic E-state index is 10.2. The van der Waals surface area contributed by atoms with Gasteiger partial charge in [0.1, 0.15) is 5.76 Å². The number of aliphatic hydroxyl groups excluding tert-OH is 2. The number of hydrogen-bond acceptors (Lipinski definition) is 4. The van der Waals surface area contributed by atoms with E-state index in [9.17, 15) is 10.2 Å². The fourth-order valence-corrected chi connectivity index (χ4v) is 3.65. The van der Waals surface area contributed by atoms with E-state index >= 15 is 0 Å². The summed E-state index contributed by atoms with van der Waals surface area (Å²) in [4.78, 5) is 0. The molecule has 2 unspecified atom stereocenters. The molecule has 0 saturated heterocycles. The fourth-order valence-electron chi connectivity index (χ4n) is 3.03. The van der Waals surface area contributed by atoms with Crippen molar-refractivity contribution in [1.29, 1.82) is 0 Å². The van der Waals surface area contributed by atoms with E-state index in [1.54, 1.807) is 0 Å². The van der Waals surface area contributed by atoms with Crippen LogP contribution >= 0.6 is 11.8 Å². The second kappa shape index (κ2) is 5.74. The molecule has 0 spiro atoms. The predicted molar refractivity (Wildman–Crippen MR) is 95.1 cm³/mol. The lowest BCUT2D eigenvalue weighted by molar-refractivity contribution is 0.227. The van der Waals surface area contributed by atoms with Crippen molar-refractivity contribution in [2.24, 2.45) is 0 Å². The van der Waals surface area contributed by atoms with Crippen LogP contribution in [0.3, 0.4) is 0 Å². The van der Waals surface area contributed by atoms with E-state index in [4.69, 9.17) is 0 Å². The number of thioether (sulfide) groups is 1. The molecule has 0 radical (unpaired) electrons. The highest BCUT2D eigenvalue weighted by atomic mass is 32.2. The van der Waals surface area contributed by atoms with Crippen LogP contribution in [-0.4, -0.2) is 26.3 Å². The van der Waals surface area contributed by atoms with E-state index in [1.807, 2.05) is 17.6 Å². The summed E-state index contributed by atoms with van der Waals surface area (Å²) < 4.78 is 2.23. The Morgan fingerprint density at radius 3 is 2.91 bits per heavy atom. The zero-order chi connectivity index (χ0) is 16.0. The Morgan fingerprint density at radius 1 is 1.30 bits per heavy atom. The van der Waals surface area contributed by atoms with Crippen molar-refractivity contribution in [3.8, 4) is 0 Å². The van der Waals surface area contributed by atoms with E-state index in [0.29, 0.717) is 11.6 Å².